The van der Waals surface area contributed by atoms with E-state index in [1.807, 2.05) is 6.92 Å². The van der Waals surface area contributed by atoms with Crippen LogP contribution in [0.5, 0.6) is 0 Å². The number of ketones is 1. The van der Waals surface area contributed by atoms with E-state index >= 15 is 0 Å². The summed E-state index contributed by atoms with van der Waals surface area (Å²) in [6.45, 7) is 4.09. The van der Waals surface area contributed by atoms with Gasteiger partial charge >= 0.3 is 0 Å². The molecule has 1 rings (SSSR count). The molecule has 94 valence electrons. The summed E-state index contributed by atoms with van der Waals surface area (Å²) < 4.78 is 12.9. The Balaban J connectivity index is 2.86. The average Bonchev–Trinajstić information content (AvgIpc) is 2.29. The van der Waals surface area contributed by atoms with Crippen molar-refractivity contribution in [3.05, 3.63) is 34.6 Å². The Morgan fingerprint density at radius 1 is 1.41 bits per heavy atom. The fraction of sp³-hybridized carbons (Fsp3) is 0.500. The SMILES string of the molecule is CCCCC(CC)C(=O)c1ccc(F)cc1Cl. The molecule has 0 heterocycles. The third-order valence-electron chi connectivity index (χ3n) is 2.97. The first-order valence-electron chi connectivity index (χ1n) is 6.09. The molecule has 0 aliphatic heterocycles. The zero-order valence-corrected chi connectivity index (χ0v) is 11.1. The molecule has 0 spiro atoms. The second-order valence-corrected chi connectivity index (χ2v) is 4.64. The number of rotatable bonds is 6. The fourth-order valence-corrected chi connectivity index (χ4v) is 2.14. The lowest BCUT2D eigenvalue weighted by atomic mass is 9.90. The Kier molecular flexibility index (Phi) is 5.63. The minimum atomic E-state index is -0.409. The Labute approximate surface area is 107 Å². The summed E-state index contributed by atoms with van der Waals surface area (Å²) >= 11 is 5.90. The van der Waals surface area contributed by atoms with Crippen LogP contribution in [0.4, 0.5) is 4.39 Å². The minimum Gasteiger partial charge on any atom is -0.294 e. The smallest absolute Gasteiger partial charge is 0.167 e. The van der Waals surface area contributed by atoms with Crippen LogP contribution in [0.1, 0.15) is 49.9 Å². The van der Waals surface area contributed by atoms with E-state index in [1.54, 1.807) is 0 Å². The number of hydrogen-bond donors (Lipinski definition) is 0. The lowest BCUT2D eigenvalue weighted by molar-refractivity contribution is 0.0908. The van der Waals surface area contributed by atoms with E-state index in [0.29, 0.717) is 5.56 Å². The summed E-state index contributed by atoms with van der Waals surface area (Å²) in [5.74, 6) is -0.378. The molecule has 0 bridgehead atoms. The van der Waals surface area contributed by atoms with E-state index in [1.165, 1.54) is 18.2 Å². The maximum Gasteiger partial charge on any atom is 0.167 e. The first-order chi connectivity index (χ1) is 8.10. The van der Waals surface area contributed by atoms with Crippen LogP contribution in [0.2, 0.25) is 5.02 Å². The second-order valence-electron chi connectivity index (χ2n) is 4.24. The molecular formula is C14H18ClFO. The van der Waals surface area contributed by atoms with Crippen LogP contribution in [0.15, 0.2) is 18.2 Å². The molecule has 0 saturated heterocycles. The van der Waals surface area contributed by atoms with Gasteiger partial charge in [-0.2, -0.15) is 0 Å². The predicted octanol–water partition coefficient (Wildman–Crippen LogP) is 4.88. The molecule has 0 N–H and O–H groups in total. The monoisotopic (exact) mass is 256 g/mol. The normalized spacial score (nSPS) is 12.5. The van der Waals surface area contributed by atoms with Crippen molar-refractivity contribution < 1.29 is 9.18 Å². The third kappa shape index (κ3) is 3.81. The third-order valence-corrected chi connectivity index (χ3v) is 3.28. The van der Waals surface area contributed by atoms with Gasteiger partial charge in [0.15, 0.2) is 5.78 Å². The summed E-state index contributed by atoms with van der Waals surface area (Å²) in [5.41, 5.74) is 0.441. The van der Waals surface area contributed by atoms with Gasteiger partial charge in [-0.25, -0.2) is 4.39 Å². The van der Waals surface area contributed by atoms with Gasteiger partial charge in [0, 0.05) is 11.5 Å². The second kappa shape index (κ2) is 6.75. The van der Waals surface area contributed by atoms with Crippen LogP contribution in [0.3, 0.4) is 0 Å². The molecule has 1 unspecified atom stereocenters. The van der Waals surface area contributed by atoms with Gasteiger partial charge in [0.05, 0.1) is 5.02 Å². The number of carbonyl (C=O) groups is 1. The Hall–Kier alpha value is -0.890. The van der Waals surface area contributed by atoms with Crippen molar-refractivity contribution in [1.82, 2.24) is 0 Å². The maximum atomic E-state index is 12.9. The van der Waals surface area contributed by atoms with Gasteiger partial charge in [0.1, 0.15) is 5.82 Å². The molecule has 0 aliphatic rings. The van der Waals surface area contributed by atoms with E-state index in [4.69, 9.17) is 11.6 Å². The number of halogens is 2. The van der Waals surface area contributed by atoms with E-state index in [2.05, 4.69) is 6.92 Å². The van der Waals surface area contributed by atoms with Gasteiger partial charge < -0.3 is 0 Å². The summed E-state index contributed by atoms with van der Waals surface area (Å²) in [4.78, 5) is 12.2. The highest BCUT2D eigenvalue weighted by Gasteiger charge is 2.20. The quantitative estimate of drug-likeness (QED) is 0.663. The van der Waals surface area contributed by atoms with Crippen LogP contribution in [-0.2, 0) is 0 Å². The van der Waals surface area contributed by atoms with Crippen molar-refractivity contribution in [2.75, 3.05) is 0 Å². The highest BCUT2D eigenvalue weighted by Crippen LogP contribution is 2.24. The van der Waals surface area contributed by atoms with Crippen LogP contribution in [-0.4, -0.2) is 5.78 Å². The zero-order valence-electron chi connectivity index (χ0n) is 10.3. The largest absolute Gasteiger partial charge is 0.294 e. The molecule has 1 aromatic rings. The Morgan fingerprint density at radius 2 is 2.12 bits per heavy atom. The Bertz CT molecular complexity index is 390. The van der Waals surface area contributed by atoms with Crippen molar-refractivity contribution in [1.29, 1.82) is 0 Å². The van der Waals surface area contributed by atoms with E-state index in [0.717, 1.165) is 25.7 Å². The molecule has 0 saturated carbocycles. The van der Waals surface area contributed by atoms with Gasteiger partial charge in [0.25, 0.3) is 0 Å². The summed E-state index contributed by atoms with van der Waals surface area (Å²) in [6, 6.07) is 3.96. The first kappa shape index (κ1) is 14.2. The number of benzene rings is 1. The lowest BCUT2D eigenvalue weighted by Crippen LogP contribution is -2.14. The van der Waals surface area contributed by atoms with Crippen LogP contribution in [0.25, 0.3) is 0 Å². The molecule has 1 atom stereocenters. The molecule has 3 heteroatoms. The van der Waals surface area contributed by atoms with Crippen molar-refractivity contribution in [3.8, 4) is 0 Å². The van der Waals surface area contributed by atoms with Gasteiger partial charge in [-0.15, -0.1) is 0 Å². The van der Waals surface area contributed by atoms with Gasteiger partial charge in [-0.3, -0.25) is 4.79 Å². The van der Waals surface area contributed by atoms with Crippen molar-refractivity contribution in [2.24, 2.45) is 5.92 Å². The zero-order chi connectivity index (χ0) is 12.8. The average molecular weight is 257 g/mol. The molecular weight excluding hydrogens is 239 g/mol. The molecule has 0 amide bonds. The van der Waals surface area contributed by atoms with Gasteiger partial charge in [-0.1, -0.05) is 38.3 Å². The molecule has 0 aromatic heterocycles. The number of carbonyl (C=O) groups excluding carboxylic acids is 1. The van der Waals surface area contributed by atoms with Crippen molar-refractivity contribution >= 4 is 17.4 Å². The number of hydrogen-bond acceptors (Lipinski definition) is 1. The highest BCUT2D eigenvalue weighted by molar-refractivity contribution is 6.34. The number of unbranched alkanes of at least 4 members (excludes halogenated alkanes) is 1. The topological polar surface area (TPSA) is 17.1 Å². The highest BCUT2D eigenvalue weighted by atomic mass is 35.5. The Morgan fingerprint density at radius 3 is 2.65 bits per heavy atom. The van der Waals surface area contributed by atoms with E-state index in [9.17, 15) is 9.18 Å². The van der Waals surface area contributed by atoms with Crippen LogP contribution < -0.4 is 0 Å². The summed E-state index contributed by atoms with van der Waals surface area (Å²) in [7, 11) is 0. The standard InChI is InChI=1S/C14H18ClFO/c1-3-5-6-10(4-2)14(17)12-8-7-11(16)9-13(12)15/h7-10H,3-6H2,1-2H3. The molecule has 0 aliphatic carbocycles. The minimum absolute atomic E-state index is 0.00193. The fourth-order valence-electron chi connectivity index (χ4n) is 1.88. The predicted molar refractivity (Wildman–Crippen MR) is 69.0 cm³/mol. The van der Waals surface area contributed by atoms with Crippen LogP contribution >= 0.6 is 11.6 Å². The van der Waals surface area contributed by atoms with Gasteiger partial charge in [-0.05, 0) is 31.0 Å². The molecule has 0 fully saturated rings. The van der Waals surface area contributed by atoms with E-state index < -0.39 is 5.82 Å². The van der Waals surface area contributed by atoms with E-state index in [-0.39, 0.29) is 16.7 Å². The number of Topliss-reactive ketones (excluding diaryl/α,β-unsaturated/α-hetero) is 1. The van der Waals surface area contributed by atoms with Crippen LogP contribution in [0, 0.1) is 11.7 Å². The molecule has 17 heavy (non-hydrogen) atoms. The van der Waals surface area contributed by atoms with Crippen molar-refractivity contribution in [3.63, 3.8) is 0 Å². The summed E-state index contributed by atoms with van der Waals surface area (Å²) in [5, 5.41) is 0.213. The molecule has 1 aromatic carbocycles. The molecule has 0 radical (unpaired) electrons. The first-order valence-corrected chi connectivity index (χ1v) is 6.47. The maximum absolute atomic E-state index is 12.9. The molecule has 1 nitrogen and oxygen atoms in total. The lowest BCUT2D eigenvalue weighted by Gasteiger charge is -2.14. The van der Waals surface area contributed by atoms with Gasteiger partial charge in [0.2, 0.25) is 0 Å². The van der Waals surface area contributed by atoms with Crippen molar-refractivity contribution in [2.45, 2.75) is 39.5 Å². The summed E-state index contributed by atoms with van der Waals surface area (Å²) in [6.07, 6.45) is 3.77.